The Kier molecular flexibility index (Phi) is 1.55. The predicted molar refractivity (Wildman–Crippen MR) is 34.3 cm³/mol. The van der Waals surface area contributed by atoms with Crippen LogP contribution in [0.4, 0.5) is 0 Å². The van der Waals surface area contributed by atoms with Gasteiger partial charge >= 0.3 is 0 Å². The molecule has 42 valence electrons. The molecule has 0 N–H and O–H groups in total. The van der Waals surface area contributed by atoms with Gasteiger partial charge in [-0.2, -0.15) is 0 Å². The molecule has 0 atom stereocenters. The fraction of sp³-hybridized carbons (Fsp3) is 1.00. The summed E-state index contributed by atoms with van der Waals surface area (Å²) in [5.74, 6) is 0. The molecular weight excluding hydrogens is 207 g/mol. The molecule has 3 heteroatoms. The largest absolute Gasteiger partial charge is 0.339 e. The SMILES string of the molecule is CC1(I)OCCO1. The molecule has 1 heterocycles. The molecule has 0 aromatic carbocycles. The summed E-state index contributed by atoms with van der Waals surface area (Å²) in [5.41, 5.74) is 0. The Morgan fingerprint density at radius 2 is 1.86 bits per heavy atom. The highest BCUT2D eigenvalue weighted by atomic mass is 127. The van der Waals surface area contributed by atoms with Gasteiger partial charge in [-0.15, -0.1) is 0 Å². The smallest absolute Gasteiger partial charge is 0.218 e. The monoisotopic (exact) mass is 214 g/mol. The Balaban J connectivity index is 2.40. The zero-order chi connectivity index (χ0) is 5.33. The molecule has 1 aliphatic rings. The molecule has 0 unspecified atom stereocenters. The number of halogens is 1. The number of hydrogen-bond acceptors (Lipinski definition) is 2. The van der Waals surface area contributed by atoms with Gasteiger partial charge in [-0.05, 0) is 29.5 Å². The first kappa shape index (κ1) is 5.78. The molecule has 1 rings (SSSR count). The van der Waals surface area contributed by atoms with Gasteiger partial charge in [0.2, 0.25) is 3.79 Å². The van der Waals surface area contributed by atoms with Crippen molar-refractivity contribution in [2.45, 2.75) is 10.7 Å². The number of alkyl halides is 1. The highest BCUT2D eigenvalue weighted by Crippen LogP contribution is 2.25. The van der Waals surface area contributed by atoms with Crippen molar-refractivity contribution in [3.8, 4) is 0 Å². The highest BCUT2D eigenvalue weighted by molar-refractivity contribution is 14.1. The summed E-state index contributed by atoms with van der Waals surface area (Å²) in [6.45, 7) is 3.37. The number of rotatable bonds is 0. The van der Waals surface area contributed by atoms with Gasteiger partial charge in [0.1, 0.15) is 0 Å². The summed E-state index contributed by atoms with van der Waals surface area (Å²) in [6, 6.07) is 0. The first-order valence-corrected chi connectivity index (χ1v) is 3.25. The van der Waals surface area contributed by atoms with E-state index in [9.17, 15) is 0 Å². The van der Waals surface area contributed by atoms with Crippen LogP contribution in [-0.4, -0.2) is 17.0 Å². The molecule has 1 aliphatic heterocycles. The number of hydrogen-bond donors (Lipinski definition) is 0. The standard InChI is InChI=1S/C4H7IO2/c1-4(5)6-2-3-7-4/h2-3H2,1H3. The van der Waals surface area contributed by atoms with Gasteiger partial charge in [-0.25, -0.2) is 0 Å². The minimum Gasteiger partial charge on any atom is -0.339 e. The van der Waals surface area contributed by atoms with Crippen molar-refractivity contribution < 1.29 is 9.47 Å². The molecule has 0 saturated carbocycles. The Morgan fingerprint density at radius 3 is 2.00 bits per heavy atom. The second kappa shape index (κ2) is 1.87. The van der Waals surface area contributed by atoms with Crippen molar-refractivity contribution in [2.24, 2.45) is 0 Å². The van der Waals surface area contributed by atoms with Crippen LogP contribution in [0.5, 0.6) is 0 Å². The normalized spacial score (nSPS) is 28.3. The van der Waals surface area contributed by atoms with E-state index in [-0.39, 0.29) is 3.79 Å². The molecule has 0 amide bonds. The van der Waals surface area contributed by atoms with E-state index in [4.69, 9.17) is 9.47 Å². The molecule has 0 bridgehead atoms. The van der Waals surface area contributed by atoms with E-state index in [1.165, 1.54) is 0 Å². The maximum Gasteiger partial charge on any atom is 0.218 e. The molecule has 0 aliphatic carbocycles. The summed E-state index contributed by atoms with van der Waals surface area (Å²) in [6.07, 6.45) is 0. The molecule has 1 fully saturated rings. The topological polar surface area (TPSA) is 18.5 Å². The summed E-state index contributed by atoms with van der Waals surface area (Å²) >= 11 is 2.12. The van der Waals surface area contributed by atoms with Crippen molar-refractivity contribution in [1.82, 2.24) is 0 Å². The van der Waals surface area contributed by atoms with Crippen molar-refractivity contribution in [2.75, 3.05) is 13.2 Å². The lowest BCUT2D eigenvalue weighted by Gasteiger charge is -2.11. The van der Waals surface area contributed by atoms with E-state index in [0.29, 0.717) is 0 Å². The molecule has 0 aromatic heterocycles. The highest BCUT2D eigenvalue weighted by Gasteiger charge is 2.25. The molecule has 2 nitrogen and oxygen atoms in total. The van der Waals surface area contributed by atoms with Gasteiger partial charge in [0.25, 0.3) is 0 Å². The van der Waals surface area contributed by atoms with Crippen LogP contribution in [0.15, 0.2) is 0 Å². The summed E-state index contributed by atoms with van der Waals surface area (Å²) < 4.78 is 9.87. The molecule has 7 heavy (non-hydrogen) atoms. The lowest BCUT2D eigenvalue weighted by molar-refractivity contribution is -0.0428. The average molecular weight is 214 g/mol. The van der Waals surface area contributed by atoms with Crippen molar-refractivity contribution in [3.63, 3.8) is 0 Å². The third kappa shape index (κ3) is 1.54. The van der Waals surface area contributed by atoms with Crippen LogP contribution in [0.2, 0.25) is 0 Å². The van der Waals surface area contributed by atoms with Crippen LogP contribution in [-0.2, 0) is 9.47 Å². The zero-order valence-corrected chi connectivity index (χ0v) is 6.27. The van der Waals surface area contributed by atoms with Crippen LogP contribution in [0.25, 0.3) is 0 Å². The van der Waals surface area contributed by atoms with Crippen LogP contribution in [0, 0.1) is 0 Å². The van der Waals surface area contributed by atoms with E-state index in [0.717, 1.165) is 13.2 Å². The van der Waals surface area contributed by atoms with Crippen LogP contribution in [0.3, 0.4) is 0 Å². The fourth-order valence-electron chi connectivity index (χ4n) is 0.490. The Hall–Kier alpha value is 0.650. The maximum absolute atomic E-state index is 5.10. The van der Waals surface area contributed by atoms with E-state index < -0.39 is 0 Å². The van der Waals surface area contributed by atoms with Gasteiger partial charge in [-0.3, -0.25) is 0 Å². The third-order valence-electron chi connectivity index (χ3n) is 0.803. The van der Waals surface area contributed by atoms with Crippen molar-refractivity contribution >= 4 is 22.6 Å². The molecule has 0 spiro atoms. The van der Waals surface area contributed by atoms with Gasteiger partial charge in [-0.1, -0.05) is 0 Å². The second-order valence-corrected chi connectivity index (χ2v) is 3.49. The van der Waals surface area contributed by atoms with Crippen molar-refractivity contribution in [1.29, 1.82) is 0 Å². The first-order valence-electron chi connectivity index (χ1n) is 2.17. The van der Waals surface area contributed by atoms with Crippen LogP contribution >= 0.6 is 22.6 Å². The number of ether oxygens (including phenoxy) is 2. The molecule has 1 saturated heterocycles. The van der Waals surface area contributed by atoms with E-state index in [2.05, 4.69) is 22.6 Å². The summed E-state index contributed by atoms with van der Waals surface area (Å²) in [4.78, 5) is 0. The molecule has 0 radical (unpaired) electrons. The molecule has 0 aromatic rings. The van der Waals surface area contributed by atoms with Gasteiger partial charge in [0.05, 0.1) is 13.2 Å². The average Bonchev–Trinajstić information content (AvgIpc) is 1.84. The Bertz CT molecular complexity index is 64.1. The molecular formula is C4H7IO2. The Labute approximate surface area is 56.3 Å². The van der Waals surface area contributed by atoms with Gasteiger partial charge < -0.3 is 9.47 Å². The Morgan fingerprint density at radius 1 is 1.43 bits per heavy atom. The van der Waals surface area contributed by atoms with E-state index in [1.54, 1.807) is 0 Å². The van der Waals surface area contributed by atoms with E-state index in [1.807, 2.05) is 6.92 Å². The minimum atomic E-state index is -0.336. The quantitative estimate of drug-likeness (QED) is 0.444. The van der Waals surface area contributed by atoms with Crippen LogP contribution < -0.4 is 0 Å². The van der Waals surface area contributed by atoms with Gasteiger partial charge in [0.15, 0.2) is 0 Å². The maximum atomic E-state index is 5.10. The lowest BCUT2D eigenvalue weighted by atomic mass is 10.8. The van der Waals surface area contributed by atoms with Crippen molar-refractivity contribution in [3.05, 3.63) is 0 Å². The predicted octanol–water partition coefficient (Wildman–Crippen LogP) is 1.14. The van der Waals surface area contributed by atoms with E-state index >= 15 is 0 Å². The van der Waals surface area contributed by atoms with Crippen LogP contribution in [0.1, 0.15) is 6.92 Å². The minimum absolute atomic E-state index is 0.336. The lowest BCUT2D eigenvalue weighted by Crippen LogP contribution is -2.13. The summed E-state index contributed by atoms with van der Waals surface area (Å²) in [7, 11) is 0. The second-order valence-electron chi connectivity index (χ2n) is 1.53. The first-order chi connectivity index (χ1) is 3.21. The van der Waals surface area contributed by atoms with Gasteiger partial charge in [0, 0.05) is 0 Å². The summed E-state index contributed by atoms with van der Waals surface area (Å²) in [5, 5.41) is 0. The zero-order valence-electron chi connectivity index (χ0n) is 4.11. The third-order valence-corrected chi connectivity index (χ3v) is 1.43. The fourth-order valence-corrected chi connectivity index (χ4v) is 0.930.